The standard InChI is InChI=1S/C7H16O2S2.C6H14O2S2.C4H10O2S2.C4H10O2S.C4H10OS2.C3H8OS/c8-2-6-10-4-1-5-11-7-3-9;7-1-3-9-5-6-10-4-2-8;5-1-3-7-8-4-2-6;2*5-1-3-7-4-2-6;4-2-1-3-5/h8-9H,1-7H2;7-8H,1-6H2;5-6H,1-4H2;2*5-6H,1-4H2;4-5H,1-3H2. The number of rotatable bonds is 30. The minimum atomic E-state index is 0.213. The van der Waals surface area contributed by atoms with Crippen LogP contribution in [-0.4, -0.2) is 209 Å². The predicted octanol–water partition coefficient (Wildman–Crippen LogP) is 2.26. The van der Waals surface area contributed by atoms with Crippen LogP contribution in [0.5, 0.6) is 0 Å². The Kier molecular flexibility index (Phi) is 104. The molecule has 0 aromatic carbocycles. The van der Waals surface area contributed by atoms with Crippen molar-refractivity contribution in [3.63, 3.8) is 0 Å². The summed E-state index contributed by atoms with van der Waals surface area (Å²) in [5, 5.41) is 82.9. The molecule has 10 N–H and O–H groups in total. The van der Waals surface area contributed by atoms with Crippen molar-refractivity contribution >= 4 is 117 Å². The highest BCUT2D eigenvalue weighted by Gasteiger charge is 1.90. The number of aliphatic hydroxyl groups is 10. The second-order valence-corrected chi connectivity index (χ2v) is 18.7. The van der Waals surface area contributed by atoms with Crippen LogP contribution in [0, 0.1) is 0 Å². The first-order valence-corrected chi connectivity index (χ1v) is 26.2. The number of thiol groups is 2. The molecule has 0 radical (unpaired) electrons. The maximum Gasteiger partial charge on any atom is 0.0530 e. The normalized spacial score (nSPS) is 9.75. The summed E-state index contributed by atoms with van der Waals surface area (Å²) in [5.74, 6) is 14.3. The molecular formula is C28H68O10S10. The molecule has 0 spiro atoms. The van der Waals surface area contributed by atoms with E-state index in [1.54, 1.807) is 92.2 Å². The van der Waals surface area contributed by atoms with Gasteiger partial charge in [-0.25, -0.2) is 0 Å². The van der Waals surface area contributed by atoms with Crippen LogP contribution >= 0.6 is 117 Å². The molecule has 0 saturated heterocycles. The summed E-state index contributed by atoms with van der Waals surface area (Å²) < 4.78 is 0. The van der Waals surface area contributed by atoms with Gasteiger partial charge in [-0.1, -0.05) is 21.6 Å². The SMILES string of the molecule is OCCCS.OCCSCCCSCCO.OCCSCCO.OCCSCCS.OCCSCCSCCO.OCCSSCCO. The molecular weight excluding hydrogens is 817 g/mol. The van der Waals surface area contributed by atoms with Crippen molar-refractivity contribution in [1.29, 1.82) is 0 Å². The molecule has 0 bridgehead atoms. The Bertz CT molecular complexity index is 397. The van der Waals surface area contributed by atoms with E-state index < -0.39 is 0 Å². The third kappa shape index (κ3) is 104. The van der Waals surface area contributed by atoms with Crippen LogP contribution in [0.2, 0.25) is 0 Å². The van der Waals surface area contributed by atoms with Crippen molar-refractivity contribution in [2.75, 3.05) is 158 Å². The van der Waals surface area contributed by atoms with Crippen LogP contribution in [0.1, 0.15) is 12.8 Å². The minimum Gasteiger partial charge on any atom is -0.396 e. The summed E-state index contributed by atoms with van der Waals surface area (Å²) in [7, 11) is 3.17. The van der Waals surface area contributed by atoms with Crippen LogP contribution in [0.25, 0.3) is 0 Å². The smallest absolute Gasteiger partial charge is 0.0530 e. The first kappa shape index (κ1) is 63.1. The number of hydrogen-bond donors (Lipinski definition) is 12. The summed E-state index contributed by atoms with van der Waals surface area (Å²) in [6.07, 6.45) is 1.98. The van der Waals surface area contributed by atoms with Crippen LogP contribution in [0.3, 0.4) is 0 Å². The lowest BCUT2D eigenvalue weighted by Gasteiger charge is -1.98. The van der Waals surface area contributed by atoms with Gasteiger partial charge in [-0.15, -0.1) is 0 Å². The second kappa shape index (κ2) is 79.0. The molecule has 0 aliphatic rings. The van der Waals surface area contributed by atoms with E-state index in [1.807, 2.05) is 0 Å². The van der Waals surface area contributed by atoms with E-state index in [9.17, 15) is 0 Å². The fourth-order valence-electron chi connectivity index (χ4n) is 1.77. The number of thioether (sulfide) groups is 6. The Labute approximate surface area is 336 Å². The van der Waals surface area contributed by atoms with Gasteiger partial charge in [0.1, 0.15) is 0 Å². The third-order valence-electron chi connectivity index (χ3n) is 3.58. The fraction of sp³-hybridized carbons (Fsp3) is 1.00. The zero-order valence-corrected chi connectivity index (χ0v) is 36.8. The Morgan fingerprint density at radius 1 is 0.250 bits per heavy atom. The molecule has 0 atom stereocenters. The van der Waals surface area contributed by atoms with Crippen LogP contribution in [-0.2, 0) is 0 Å². The summed E-state index contributed by atoms with van der Waals surface area (Å²) in [5.41, 5.74) is 0. The van der Waals surface area contributed by atoms with E-state index in [4.69, 9.17) is 51.1 Å². The molecule has 0 unspecified atom stereocenters. The van der Waals surface area contributed by atoms with Gasteiger partial charge in [0.05, 0.1) is 59.5 Å². The highest BCUT2D eigenvalue weighted by atomic mass is 33.1. The quantitative estimate of drug-likeness (QED) is 0.0285. The zero-order chi connectivity index (χ0) is 37.5. The van der Waals surface area contributed by atoms with E-state index in [1.165, 1.54) is 6.42 Å². The molecule has 0 fully saturated rings. The van der Waals surface area contributed by atoms with Crippen molar-refractivity contribution < 1.29 is 51.1 Å². The van der Waals surface area contributed by atoms with Crippen molar-refractivity contribution in [2.45, 2.75) is 12.8 Å². The molecule has 20 heteroatoms. The maximum atomic E-state index is 8.45. The molecule has 0 aromatic rings. The zero-order valence-electron chi connectivity index (χ0n) is 28.4. The Morgan fingerprint density at radius 3 is 0.750 bits per heavy atom. The first-order chi connectivity index (χ1) is 23.5. The predicted molar refractivity (Wildman–Crippen MR) is 237 cm³/mol. The van der Waals surface area contributed by atoms with Crippen LogP contribution in [0.15, 0.2) is 0 Å². The fourth-order valence-corrected chi connectivity index (χ4v) is 7.92. The van der Waals surface area contributed by atoms with Gasteiger partial charge in [-0.2, -0.15) is 95.8 Å². The topological polar surface area (TPSA) is 202 Å². The monoisotopic (exact) mass is 884 g/mol. The molecule has 0 aliphatic carbocycles. The van der Waals surface area contributed by atoms with E-state index in [-0.39, 0.29) is 59.5 Å². The summed E-state index contributed by atoms with van der Waals surface area (Å²) >= 11 is 18.2. The van der Waals surface area contributed by atoms with E-state index in [2.05, 4.69) is 25.3 Å². The highest BCUT2D eigenvalue weighted by molar-refractivity contribution is 8.76. The van der Waals surface area contributed by atoms with Crippen molar-refractivity contribution in [1.82, 2.24) is 0 Å². The van der Waals surface area contributed by atoms with Gasteiger partial charge in [0.15, 0.2) is 0 Å². The Hall–Kier alpha value is 3.10. The van der Waals surface area contributed by atoms with E-state index in [0.717, 1.165) is 98.5 Å². The lowest BCUT2D eigenvalue weighted by atomic mass is 10.5. The lowest BCUT2D eigenvalue weighted by molar-refractivity contribution is 0.296. The summed E-state index contributed by atoms with van der Waals surface area (Å²) in [6.45, 7) is 2.55. The second-order valence-electron chi connectivity index (χ2n) is 7.71. The van der Waals surface area contributed by atoms with Crippen molar-refractivity contribution in [3.8, 4) is 0 Å². The largest absolute Gasteiger partial charge is 0.396 e. The van der Waals surface area contributed by atoms with E-state index >= 15 is 0 Å². The van der Waals surface area contributed by atoms with E-state index in [0.29, 0.717) is 6.61 Å². The number of aliphatic hydroxyl groups excluding tert-OH is 10. The molecule has 0 aromatic heterocycles. The maximum absolute atomic E-state index is 8.45. The highest BCUT2D eigenvalue weighted by Crippen LogP contribution is 2.18. The van der Waals surface area contributed by atoms with Gasteiger partial charge < -0.3 is 51.1 Å². The number of hydrogen-bond acceptors (Lipinski definition) is 20. The van der Waals surface area contributed by atoms with Crippen LogP contribution in [0.4, 0.5) is 0 Å². The molecule has 0 amide bonds. The summed E-state index contributed by atoms with van der Waals surface area (Å²) in [6, 6.07) is 0. The molecule has 0 saturated carbocycles. The van der Waals surface area contributed by atoms with Gasteiger partial charge in [-0.3, -0.25) is 0 Å². The molecule has 0 heterocycles. The van der Waals surface area contributed by atoms with Crippen LogP contribution < -0.4 is 0 Å². The minimum absolute atomic E-state index is 0.213. The molecule has 0 aliphatic heterocycles. The van der Waals surface area contributed by atoms with Gasteiger partial charge in [0.25, 0.3) is 0 Å². The third-order valence-corrected chi connectivity index (χ3v) is 13.0. The van der Waals surface area contributed by atoms with Gasteiger partial charge in [-0.05, 0) is 35.9 Å². The van der Waals surface area contributed by atoms with Gasteiger partial charge in [0.2, 0.25) is 0 Å². The van der Waals surface area contributed by atoms with Crippen molar-refractivity contribution in [2.24, 2.45) is 0 Å². The summed E-state index contributed by atoms with van der Waals surface area (Å²) in [4.78, 5) is 0. The molecule has 300 valence electrons. The van der Waals surface area contributed by atoms with Gasteiger partial charge in [0, 0.05) is 75.6 Å². The first-order valence-electron chi connectivity index (χ1n) is 15.5. The lowest BCUT2D eigenvalue weighted by Crippen LogP contribution is -1.93. The van der Waals surface area contributed by atoms with Crippen molar-refractivity contribution in [3.05, 3.63) is 0 Å². The molecule has 10 nitrogen and oxygen atoms in total. The molecule has 48 heavy (non-hydrogen) atoms. The van der Waals surface area contributed by atoms with Gasteiger partial charge >= 0.3 is 0 Å². The average Bonchev–Trinajstić information content (AvgIpc) is 3.10. The average molecular weight is 886 g/mol. The molecule has 0 rings (SSSR count). The Balaban J connectivity index is -0.000000112. The Morgan fingerprint density at radius 2 is 0.521 bits per heavy atom.